The number of nitrogens with zero attached hydrogens (tertiary/aromatic N) is 1. The molecular weight excluding hydrogens is 308 g/mol. The predicted octanol–water partition coefficient (Wildman–Crippen LogP) is 3.87. The fourth-order valence-corrected chi connectivity index (χ4v) is 3.62. The summed E-state index contributed by atoms with van der Waals surface area (Å²) in [5.41, 5.74) is 9.60. The summed E-state index contributed by atoms with van der Waals surface area (Å²) >= 11 is 5.27. The summed E-state index contributed by atoms with van der Waals surface area (Å²) in [6.45, 7) is 2.84. The lowest BCUT2D eigenvalue weighted by Gasteiger charge is -2.07. The molecule has 0 radical (unpaired) electrons. The third kappa shape index (κ3) is 2.02. The van der Waals surface area contributed by atoms with E-state index >= 15 is 0 Å². The number of aromatic nitrogens is 1. The van der Waals surface area contributed by atoms with E-state index in [1.807, 2.05) is 0 Å². The van der Waals surface area contributed by atoms with Crippen LogP contribution in [-0.2, 0) is 5.41 Å². The first-order valence-electron chi connectivity index (χ1n) is 6.07. The molecule has 1 aliphatic carbocycles. The van der Waals surface area contributed by atoms with Gasteiger partial charge in [0.15, 0.2) is 0 Å². The van der Waals surface area contributed by atoms with E-state index in [9.17, 15) is 0 Å². The minimum Gasteiger partial charge on any atom is -0.329 e. The highest BCUT2D eigenvalue weighted by Crippen LogP contribution is 2.49. The molecule has 3 rings (SSSR count). The molecule has 1 fully saturated rings. The summed E-state index contributed by atoms with van der Waals surface area (Å²) in [6, 6.07) is 6.32. The van der Waals surface area contributed by atoms with Crippen LogP contribution in [0.4, 0.5) is 0 Å². The third-order valence-electron chi connectivity index (χ3n) is 3.68. The molecule has 1 aromatic carbocycles. The molecular formula is C14H15BrN2S. The van der Waals surface area contributed by atoms with Gasteiger partial charge < -0.3 is 5.73 Å². The SMILES string of the molecule is Cc1ccc(Br)cc1-c1csc(C2(CN)CC2)n1. The van der Waals surface area contributed by atoms with Crippen molar-refractivity contribution >= 4 is 27.3 Å². The molecule has 18 heavy (non-hydrogen) atoms. The maximum Gasteiger partial charge on any atom is 0.101 e. The summed E-state index contributed by atoms with van der Waals surface area (Å²) < 4.78 is 1.10. The number of hydrogen-bond donors (Lipinski definition) is 1. The van der Waals surface area contributed by atoms with Gasteiger partial charge in [-0.05, 0) is 37.5 Å². The quantitative estimate of drug-likeness (QED) is 0.931. The van der Waals surface area contributed by atoms with Crippen LogP contribution in [0.3, 0.4) is 0 Å². The minimum absolute atomic E-state index is 0.197. The van der Waals surface area contributed by atoms with E-state index in [1.165, 1.54) is 29.0 Å². The van der Waals surface area contributed by atoms with Gasteiger partial charge in [-0.25, -0.2) is 4.98 Å². The second-order valence-electron chi connectivity index (χ2n) is 4.98. The van der Waals surface area contributed by atoms with E-state index in [-0.39, 0.29) is 5.41 Å². The van der Waals surface area contributed by atoms with Crippen LogP contribution in [-0.4, -0.2) is 11.5 Å². The number of thiazole rings is 1. The van der Waals surface area contributed by atoms with Gasteiger partial charge in [0.25, 0.3) is 0 Å². The first-order chi connectivity index (χ1) is 8.64. The van der Waals surface area contributed by atoms with Gasteiger partial charge in [0.2, 0.25) is 0 Å². The van der Waals surface area contributed by atoms with Gasteiger partial charge in [-0.15, -0.1) is 11.3 Å². The Kier molecular flexibility index (Phi) is 3.04. The normalized spacial score (nSPS) is 16.8. The minimum atomic E-state index is 0.197. The Morgan fingerprint density at radius 3 is 2.89 bits per heavy atom. The fraction of sp³-hybridized carbons (Fsp3) is 0.357. The number of halogens is 1. The number of rotatable bonds is 3. The van der Waals surface area contributed by atoms with Crippen LogP contribution >= 0.6 is 27.3 Å². The van der Waals surface area contributed by atoms with Crippen molar-refractivity contribution < 1.29 is 0 Å². The molecule has 2 nitrogen and oxygen atoms in total. The maximum absolute atomic E-state index is 5.86. The van der Waals surface area contributed by atoms with Crippen molar-refractivity contribution in [2.75, 3.05) is 6.54 Å². The van der Waals surface area contributed by atoms with Crippen LogP contribution in [0.25, 0.3) is 11.3 Å². The smallest absolute Gasteiger partial charge is 0.101 e. The number of benzene rings is 1. The van der Waals surface area contributed by atoms with Crippen LogP contribution in [0.5, 0.6) is 0 Å². The van der Waals surface area contributed by atoms with Gasteiger partial charge in [0.1, 0.15) is 5.01 Å². The van der Waals surface area contributed by atoms with Crippen molar-refractivity contribution in [1.82, 2.24) is 4.98 Å². The molecule has 0 spiro atoms. The van der Waals surface area contributed by atoms with Crippen LogP contribution < -0.4 is 5.73 Å². The number of nitrogens with two attached hydrogens (primary N) is 1. The van der Waals surface area contributed by atoms with Crippen molar-refractivity contribution in [1.29, 1.82) is 0 Å². The zero-order valence-electron chi connectivity index (χ0n) is 10.2. The molecule has 1 aliphatic rings. The van der Waals surface area contributed by atoms with E-state index in [4.69, 9.17) is 10.7 Å². The Morgan fingerprint density at radius 2 is 2.22 bits per heavy atom. The zero-order valence-corrected chi connectivity index (χ0v) is 12.6. The van der Waals surface area contributed by atoms with Crippen LogP contribution in [0.15, 0.2) is 28.1 Å². The molecule has 94 valence electrons. The Morgan fingerprint density at radius 1 is 1.44 bits per heavy atom. The second-order valence-corrected chi connectivity index (χ2v) is 6.76. The lowest BCUT2D eigenvalue weighted by molar-refractivity contribution is 0.698. The predicted molar refractivity (Wildman–Crippen MR) is 80.0 cm³/mol. The molecule has 0 unspecified atom stereocenters. The molecule has 1 saturated carbocycles. The highest BCUT2D eigenvalue weighted by atomic mass is 79.9. The van der Waals surface area contributed by atoms with Crippen molar-refractivity contribution in [2.24, 2.45) is 5.73 Å². The molecule has 0 aliphatic heterocycles. The van der Waals surface area contributed by atoms with Crippen LogP contribution in [0.2, 0.25) is 0 Å². The molecule has 1 aromatic heterocycles. The lowest BCUT2D eigenvalue weighted by atomic mass is 10.1. The molecule has 0 bridgehead atoms. The van der Waals surface area contributed by atoms with Gasteiger partial charge in [-0.3, -0.25) is 0 Å². The molecule has 1 heterocycles. The van der Waals surface area contributed by atoms with Crippen molar-refractivity contribution in [3.63, 3.8) is 0 Å². The lowest BCUT2D eigenvalue weighted by Crippen LogP contribution is -2.19. The summed E-state index contributed by atoms with van der Waals surface area (Å²) in [6.07, 6.45) is 2.38. The van der Waals surface area contributed by atoms with Gasteiger partial charge in [-0.2, -0.15) is 0 Å². The average Bonchev–Trinajstić information content (AvgIpc) is 3.02. The topological polar surface area (TPSA) is 38.9 Å². The van der Waals surface area contributed by atoms with E-state index in [2.05, 4.69) is 46.4 Å². The number of hydrogen-bond acceptors (Lipinski definition) is 3. The molecule has 2 aromatic rings. The van der Waals surface area contributed by atoms with Crippen LogP contribution in [0.1, 0.15) is 23.4 Å². The summed E-state index contributed by atoms with van der Waals surface area (Å²) in [4.78, 5) is 4.81. The van der Waals surface area contributed by atoms with Crippen molar-refractivity contribution in [2.45, 2.75) is 25.2 Å². The van der Waals surface area contributed by atoms with Gasteiger partial charge in [0, 0.05) is 27.4 Å². The van der Waals surface area contributed by atoms with Gasteiger partial charge in [-0.1, -0.05) is 22.0 Å². The summed E-state index contributed by atoms with van der Waals surface area (Å²) in [5, 5.41) is 3.36. The van der Waals surface area contributed by atoms with Gasteiger partial charge in [0.05, 0.1) is 5.69 Å². The number of aryl methyl sites for hydroxylation is 1. The molecule has 4 heteroatoms. The summed E-state index contributed by atoms with van der Waals surface area (Å²) in [7, 11) is 0. The fourth-order valence-electron chi connectivity index (χ4n) is 2.17. The Labute approximate surface area is 119 Å². The highest BCUT2D eigenvalue weighted by molar-refractivity contribution is 9.10. The largest absolute Gasteiger partial charge is 0.329 e. The average molecular weight is 323 g/mol. The first-order valence-corrected chi connectivity index (χ1v) is 7.74. The first kappa shape index (κ1) is 12.3. The van der Waals surface area contributed by atoms with E-state index in [0.717, 1.165) is 16.7 Å². The van der Waals surface area contributed by atoms with Crippen molar-refractivity contribution in [3.8, 4) is 11.3 Å². The summed E-state index contributed by atoms with van der Waals surface area (Å²) in [5.74, 6) is 0. The van der Waals surface area contributed by atoms with Crippen LogP contribution in [0, 0.1) is 6.92 Å². The van der Waals surface area contributed by atoms with Gasteiger partial charge >= 0.3 is 0 Å². The Balaban J connectivity index is 2.00. The van der Waals surface area contributed by atoms with Crippen molar-refractivity contribution in [3.05, 3.63) is 38.6 Å². The zero-order chi connectivity index (χ0) is 12.8. The molecule has 2 N–H and O–H groups in total. The molecule has 0 saturated heterocycles. The molecule has 0 atom stereocenters. The van der Waals surface area contributed by atoms with E-state index < -0.39 is 0 Å². The van der Waals surface area contributed by atoms with E-state index in [1.54, 1.807) is 11.3 Å². The third-order valence-corrected chi connectivity index (χ3v) is 5.26. The van der Waals surface area contributed by atoms with E-state index in [0.29, 0.717) is 0 Å². The standard InChI is InChI=1S/C14H15BrN2S/c1-9-2-3-10(15)6-11(9)12-7-18-13(17-12)14(8-16)4-5-14/h2-3,6-7H,4-5,8,16H2,1H3. The second kappa shape index (κ2) is 4.44. The maximum atomic E-state index is 5.86. The monoisotopic (exact) mass is 322 g/mol. The Bertz CT molecular complexity index is 587. The highest BCUT2D eigenvalue weighted by Gasteiger charge is 2.45. The molecule has 0 amide bonds. The Hall–Kier alpha value is -0.710.